The number of nitrogens with one attached hydrogen (secondary N) is 1. The molecule has 8 heteroatoms. The lowest BCUT2D eigenvalue weighted by atomic mass is 10.1. The van der Waals surface area contributed by atoms with Crippen LogP contribution >= 0.6 is 11.8 Å². The fourth-order valence-corrected chi connectivity index (χ4v) is 4.70. The van der Waals surface area contributed by atoms with E-state index >= 15 is 0 Å². The highest BCUT2D eigenvalue weighted by Gasteiger charge is 2.34. The molecule has 0 spiro atoms. The van der Waals surface area contributed by atoms with Gasteiger partial charge < -0.3 is 5.11 Å². The first-order valence-corrected chi connectivity index (χ1v) is 9.90. The van der Waals surface area contributed by atoms with E-state index in [0.29, 0.717) is 19.5 Å². The fraction of sp³-hybridized carbons (Fsp3) is 0.769. The summed E-state index contributed by atoms with van der Waals surface area (Å²) in [7, 11) is -3.51. The van der Waals surface area contributed by atoms with Crippen LogP contribution in [0.25, 0.3) is 0 Å². The molecule has 1 fully saturated rings. The first kappa shape index (κ1) is 16.8. The van der Waals surface area contributed by atoms with Crippen LogP contribution in [0.1, 0.15) is 32.1 Å². The first-order chi connectivity index (χ1) is 10.0. The van der Waals surface area contributed by atoms with E-state index in [-0.39, 0.29) is 16.2 Å². The summed E-state index contributed by atoms with van der Waals surface area (Å²) in [6.07, 6.45) is 9.94. The number of aliphatic hydroxyl groups is 1. The van der Waals surface area contributed by atoms with Crippen molar-refractivity contribution >= 4 is 21.8 Å². The van der Waals surface area contributed by atoms with Crippen molar-refractivity contribution < 1.29 is 13.5 Å². The molecule has 0 aliphatic heterocycles. The second kappa shape index (κ2) is 7.13. The van der Waals surface area contributed by atoms with E-state index in [2.05, 4.69) is 9.82 Å². The monoisotopic (exact) mass is 333 g/mol. The number of hydrogen-bond donors (Lipinski definition) is 2. The number of sulfonamides is 1. The number of rotatable bonds is 8. The zero-order valence-corrected chi connectivity index (χ0v) is 13.9. The molecule has 0 aromatic carbocycles. The van der Waals surface area contributed by atoms with Crippen LogP contribution in [-0.4, -0.2) is 47.5 Å². The smallest absolute Gasteiger partial charge is 0.243 e. The summed E-state index contributed by atoms with van der Waals surface area (Å²) in [5.41, 5.74) is 0. The van der Waals surface area contributed by atoms with Gasteiger partial charge in [-0.05, 0) is 25.5 Å². The minimum absolute atomic E-state index is 0.0416. The van der Waals surface area contributed by atoms with Gasteiger partial charge in [-0.15, -0.1) is 0 Å². The Morgan fingerprint density at radius 2 is 2.19 bits per heavy atom. The predicted molar refractivity (Wildman–Crippen MR) is 83.8 cm³/mol. The highest BCUT2D eigenvalue weighted by atomic mass is 32.2. The second-order valence-electron chi connectivity index (χ2n) is 5.44. The average Bonchev–Trinajstić information content (AvgIpc) is 3.13. The number of nitrogens with zero attached hydrogens (tertiary/aromatic N) is 2. The molecule has 0 bridgehead atoms. The second-order valence-corrected chi connectivity index (χ2v) is 8.48. The number of thioether (sulfide) groups is 1. The molecule has 1 heterocycles. The molecule has 6 nitrogen and oxygen atoms in total. The average molecular weight is 333 g/mol. The number of aryl methyl sites for hydroxylation is 1. The lowest BCUT2D eigenvalue weighted by Crippen LogP contribution is -2.38. The maximum atomic E-state index is 12.3. The number of aromatic nitrogens is 2. The van der Waals surface area contributed by atoms with Gasteiger partial charge in [0.1, 0.15) is 4.90 Å². The van der Waals surface area contributed by atoms with E-state index in [4.69, 9.17) is 5.11 Å². The zero-order valence-electron chi connectivity index (χ0n) is 12.3. The standard InChI is InChI=1S/C13H23N3O3S2/c1-20-13(5-2-3-6-13)11-15-21(18,19)12-9-14-16(10-12)7-4-8-17/h9-10,15,17H,2-8,11H2,1H3. The molecule has 2 N–H and O–H groups in total. The van der Waals surface area contributed by atoms with Gasteiger partial charge in [0.15, 0.2) is 0 Å². The lowest BCUT2D eigenvalue weighted by molar-refractivity contribution is 0.277. The molecule has 0 radical (unpaired) electrons. The van der Waals surface area contributed by atoms with Crippen LogP contribution < -0.4 is 4.72 Å². The Bertz CT molecular complexity index is 551. The molecule has 1 aromatic rings. The van der Waals surface area contributed by atoms with Crippen molar-refractivity contribution in [3.63, 3.8) is 0 Å². The third-order valence-electron chi connectivity index (χ3n) is 4.00. The minimum atomic E-state index is -3.51. The molecule has 0 saturated heterocycles. The molecule has 120 valence electrons. The van der Waals surface area contributed by atoms with Gasteiger partial charge >= 0.3 is 0 Å². The topological polar surface area (TPSA) is 84.2 Å². The molecular formula is C13H23N3O3S2. The van der Waals surface area contributed by atoms with Gasteiger partial charge in [0.05, 0.1) is 6.20 Å². The maximum absolute atomic E-state index is 12.3. The van der Waals surface area contributed by atoms with Crippen molar-refractivity contribution in [2.75, 3.05) is 19.4 Å². The van der Waals surface area contributed by atoms with E-state index in [1.807, 2.05) is 6.26 Å². The van der Waals surface area contributed by atoms with Crippen molar-refractivity contribution in [2.45, 2.75) is 48.3 Å². The predicted octanol–water partition coefficient (Wildman–Crippen LogP) is 1.22. The third-order valence-corrected chi connectivity index (χ3v) is 6.77. The molecule has 21 heavy (non-hydrogen) atoms. The maximum Gasteiger partial charge on any atom is 0.243 e. The van der Waals surface area contributed by atoms with E-state index in [1.165, 1.54) is 25.2 Å². The lowest BCUT2D eigenvalue weighted by Gasteiger charge is -2.26. The molecule has 2 rings (SSSR count). The highest BCUT2D eigenvalue weighted by molar-refractivity contribution is 8.00. The number of aliphatic hydroxyl groups excluding tert-OH is 1. The summed E-state index contributed by atoms with van der Waals surface area (Å²) < 4.78 is 28.9. The Labute approximate surface area is 130 Å². The van der Waals surface area contributed by atoms with Crippen LogP contribution in [-0.2, 0) is 16.6 Å². The van der Waals surface area contributed by atoms with Crippen LogP contribution in [0.3, 0.4) is 0 Å². The van der Waals surface area contributed by atoms with Crippen LogP contribution in [0.5, 0.6) is 0 Å². The van der Waals surface area contributed by atoms with E-state index in [1.54, 1.807) is 16.4 Å². The van der Waals surface area contributed by atoms with Crippen molar-refractivity contribution in [1.29, 1.82) is 0 Å². The Balaban J connectivity index is 1.99. The Kier molecular flexibility index (Phi) is 5.70. The van der Waals surface area contributed by atoms with Crippen molar-refractivity contribution in [1.82, 2.24) is 14.5 Å². The molecule has 1 saturated carbocycles. The molecule has 0 atom stereocenters. The van der Waals surface area contributed by atoms with Gasteiger partial charge in [-0.1, -0.05) is 12.8 Å². The normalized spacial score (nSPS) is 18.2. The van der Waals surface area contributed by atoms with Crippen molar-refractivity contribution in [2.24, 2.45) is 0 Å². The molecular weight excluding hydrogens is 310 g/mol. The Morgan fingerprint density at radius 3 is 2.81 bits per heavy atom. The first-order valence-electron chi connectivity index (χ1n) is 7.19. The quantitative estimate of drug-likeness (QED) is 0.747. The zero-order chi connectivity index (χ0) is 15.3. The highest BCUT2D eigenvalue weighted by Crippen LogP contribution is 2.39. The number of hydrogen-bond acceptors (Lipinski definition) is 5. The van der Waals surface area contributed by atoms with Crippen molar-refractivity contribution in [3.8, 4) is 0 Å². The Hall–Kier alpha value is -0.570. The van der Waals surface area contributed by atoms with Crippen LogP contribution in [0.2, 0.25) is 0 Å². The summed E-state index contributed by atoms with van der Waals surface area (Å²) in [4.78, 5) is 0.190. The van der Waals surface area contributed by atoms with Crippen LogP contribution in [0.15, 0.2) is 17.3 Å². The van der Waals surface area contributed by atoms with Crippen LogP contribution in [0.4, 0.5) is 0 Å². The van der Waals surface area contributed by atoms with Gasteiger partial charge in [0, 0.05) is 30.6 Å². The summed E-state index contributed by atoms with van der Waals surface area (Å²) >= 11 is 1.76. The Morgan fingerprint density at radius 1 is 1.48 bits per heavy atom. The molecule has 1 aromatic heterocycles. The van der Waals surface area contributed by atoms with Crippen LogP contribution in [0, 0.1) is 0 Å². The molecule has 0 amide bonds. The summed E-state index contributed by atoms with van der Waals surface area (Å²) in [6, 6.07) is 0. The van der Waals surface area contributed by atoms with Gasteiger partial charge in [-0.3, -0.25) is 4.68 Å². The summed E-state index contributed by atoms with van der Waals surface area (Å²) in [5, 5.41) is 12.8. The van der Waals surface area contributed by atoms with Gasteiger partial charge in [-0.2, -0.15) is 16.9 Å². The van der Waals surface area contributed by atoms with Gasteiger partial charge in [0.2, 0.25) is 10.0 Å². The SMILES string of the molecule is CSC1(CNS(=O)(=O)c2cnn(CCCO)c2)CCCC1. The van der Waals surface area contributed by atoms with Gasteiger partial charge in [-0.25, -0.2) is 13.1 Å². The fourth-order valence-electron chi connectivity index (χ4n) is 2.62. The van der Waals surface area contributed by atoms with Gasteiger partial charge in [0.25, 0.3) is 0 Å². The minimum Gasteiger partial charge on any atom is -0.396 e. The third kappa shape index (κ3) is 4.21. The molecule has 1 aliphatic carbocycles. The summed E-state index contributed by atoms with van der Waals surface area (Å²) in [5.74, 6) is 0. The summed E-state index contributed by atoms with van der Waals surface area (Å²) in [6.45, 7) is 1.05. The van der Waals surface area contributed by atoms with E-state index in [0.717, 1.165) is 12.8 Å². The van der Waals surface area contributed by atoms with Crippen molar-refractivity contribution in [3.05, 3.63) is 12.4 Å². The molecule has 1 aliphatic rings. The van der Waals surface area contributed by atoms with E-state index < -0.39 is 10.0 Å². The van der Waals surface area contributed by atoms with E-state index in [9.17, 15) is 8.42 Å². The largest absolute Gasteiger partial charge is 0.396 e. The molecule has 0 unspecified atom stereocenters.